The second kappa shape index (κ2) is 10.2. The van der Waals surface area contributed by atoms with Gasteiger partial charge in [-0.1, -0.05) is 37.5 Å². The molecule has 4 aromatic rings. The number of rotatable bonds is 7. The average Bonchev–Trinajstić information content (AvgIpc) is 3.56. The van der Waals surface area contributed by atoms with Gasteiger partial charge in [-0.25, -0.2) is 15.3 Å². The van der Waals surface area contributed by atoms with Crippen LogP contribution in [-0.4, -0.2) is 20.4 Å². The minimum Gasteiger partial charge on any atom is -0.488 e. The zero-order valence-corrected chi connectivity index (χ0v) is 19.8. The number of fused-ring (bicyclic) bond motifs is 1. The summed E-state index contributed by atoms with van der Waals surface area (Å²) in [5.74, 6) is 12.8. The smallest absolute Gasteiger partial charge is 0.158 e. The molecule has 1 aliphatic carbocycles. The summed E-state index contributed by atoms with van der Waals surface area (Å²) >= 11 is 1.70. The van der Waals surface area contributed by atoms with E-state index in [1.54, 1.807) is 11.3 Å². The molecule has 1 aliphatic rings. The summed E-state index contributed by atoms with van der Waals surface area (Å²) in [6.45, 7) is 0.583. The zero-order chi connectivity index (χ0) is 23.3. The lowest BCUT2D eigenvalue weighted by Gasteiger charge is -2.25. The second-order valence-corrected chi connectivity index (χ2v) is 9.62. The van der Waals surface area contributed by atoms with Crippen molar-refractivity contribution in [1.82, 2.24) is 20.0 Å². The number of nitrogens with two attached hydrogens (primary N) is 2. The predicted molar refractivity (Wildman–Crippen MR) is 136 cm³/mol. The van der Waals surface area contributed by atoms with Gasteiger partial charge in [0.15, 0.2) is 5.65 Å². The quantitative estimate of drug-likeness (QED) is 0.158. The van der Waals surface area contributed by atoms with Gasteiger partial charge in [-0.2, -0.15) is 10.2 Å². The maximum absolute atomic E-state index is 5.96. The van der Waals surface area contributed by atoms with Crippen LogP contribution in [0.1, 0.15) is 54.2 Å². The third-order valence-corrected chi connectivity index (χ3v) is 7.29. The molecule has 3 heterocycles. The average molecular weight is 476 g/mol. The van der Waals surface area contributed by atoms with Crippen molar-refractivity contribution >= 4 is 22.8 Å². The molecule has 0 radical (unpaired) electrons. The molecule has 1 aromatic carbocycles. The highest BCUT2D eigenvalue weighted by Crippen LogP contribution is 2.38. The Morgan fingerprint density at radius 2 is 1.97 bits per heavy atom. The summed E-state index contributed by atoms with van der Waals surface area (Å²) in [7, 11) is 0. The van der Waals surface area contributed by atoms with Gasteiger partial charge in [0, 0.05) is 34.5 Å². The Morgan fingerprint density at radius 3 is 2.68 bits per heavy atom. The van der Waals surface area contributed by atoms with Gasteiger partial charge < -0.3 is 16.0 Å². The van der Waals surface area contributed by atoms with Gasteiger partial charge in [-0.05, 0) is 42.0 Å². The van der Waals surface area contributed by atoms with Crippen molar-refractivity contribution in [1.29, 1.82) is 0 Å². The number of thiophene rings is 1. The molecule has 0 unspecified atom stereocenters. The molecule has 3 aromatic heterocycles. The van der Waals surface area contributed by atoms with Crippen molar-refractivity contribution in [3.05, 3.63) is 70.3 Å². The number of benzene rings is 1. The van der Waals surface area contributed by atoms with Crippen LogP contribution in [0.2, 0.25) is 0 Å². The van der Waals surface area contributed by atoms with E-state index in [0.29, 0.717) is 24.8 Å². The van der Waals surface area contributed by atoms with Crippen LogP contribution < -0.4 is 21.8 Å². The molecule has 176 valence electrons. The van der Waals surface area contributed by atoms with Crippen molar-refractivity contribution in [2.24, 2.45) is 16.8 Å². The molecule has 34 heavy (non-hydrogen) atoms. The van der Waals surface area contributed by atoms with Crippen molar-refractivity contribution in [3.63, 3.8) is 0 Å². The number of hydrazone groups is 1. The molecular weight excluding hydrogens is 446 g/mol. The molecule has 1 fully saturated rings. The van der Waals surface area contributed by atoms with Gasteiger partial charge in [0.25, 0.3) is 0 Å². The first-order valence-electron chi connectivity index (χ1n) is 11.6. The standard InChI is InChI=1S/C25H29N7OS/c26-30-23(31-27)13-19-14-29-32-24(18-5-2-1-3-6-18)22(15-28-25(19)32)17-8-10-20(11-9-17)33-16-21-7-4-12-34-21/h4,7-12,14-15,18H,1-3,5-6,13,16,26-27H2,(H,30,31). The number of hydrazine groups is 1. The Bertz CT molecular complexity index is 1260. The number of nitrogens with one attached hydrogen (secondary N) is 1. The maximum Gasteiger partial charge on any atom is 0.158 e. The largest absolute Gasteiger partial charge is 0.488 e. The van der Waals surface area contributed by atoms with E-state index >= 15 is 0 Å². The zero-order valence-electron chi connectivity index (χ0n) is 19.0. The maximum atomic E-state index is 5.96. The highest BCUT2D eigenvalue weighted by molar-refractivity contribution is 7.09. The Morgan fingerprint density at radius 1 is 1.15 bits per heavy atom. The van der Waals surface area contributed by atoms with Crippen LogP contribution in [0.25, 0.3) is 16.8 Å². The third-order valence-electron chi connectivity index (χ3n) is 6.44. The van der Waals surface area contributed by atoms with E-state index < -0.39 is 0 Å². The molecule has 0 aliphatic heterocycles. The summed E-state index contributed by atoms with van der Waals surface area (Å²) < 4.78 is 7.97. The first-order valence-corrected chi connectivity index (χ1v) is 12.5. The van der Waals surface area contributed by atoms with Crippen molar-refractivity contribution < 1.29 is 4.74 Å². The lowest BCUT2D eigenvalue weighted by Crippen LogP contribution is -2.32. The molecular formula is C25H29N7OS. The Labute approximate surface area is 202 Å². The SMILES string of the molecule is N/N=C(/Cc1cnn2c(C3CCCCC3)c(-c3ccc(OCc4cccs4)cc3)cnc12)NN. The highest BCUT2D eigenvalue weighted by atomic mass is 32.1. The van der Waals surface area contributed by atoms with Crippen molar-refractivity contribution in [2.75, 3.05) is 0 Å². The molecule has 5 N–H and O–H groups in total. The molecule has 0 spiro atoms. The number of hydrogen-bond acceptors (Lipinski definition) is 7. The normalized spacial score (nSPS) is 15.0. The number of aromatic nitrogens is 3. The fourth-order valence-corrected chi connectivity index (χ4v) is 5.32. The first kappa shape index (κ1) is 22.4. The molecule has 8 nitrogen and oxygen atoms in total. The van der Waals surface area contributed by atoms with Crippen LogP contribution in [0, 0.1) is 0 Å². The van der Waals surface area contributed by atoms with Gasteiger partial charge in [0.2, 0.25) is 0 Å². The third kappa shape index (κ3) is 4.62. The van der Waals surface area contributed by atoms with Gasteiger partial charge in [0.05, 0.1) is 11.9 Å². The van der Waals surface area contributed by atoms with Crippen LogP contribution in [0.4, 0.5) is 0 Å². The Kier molecular flexibility index (Phi) is 6.73. The minimum atomic E-state index is 0.437. The monoisotopic (exact) mass is 475 g/mol. The van der Waals surface area contributed by atoms with E-state index in [2.05, 4.69) is 34.1 Å². The highest BCUT2D eigenvalue weighted by Gasteiger charge is 2.24. The van der Waals surface area contributed by atoms with Crippen LogP contribution in [0.5, 0.6) is 5.75 Å². The van der Waals surface area contributed by atoms with Crippen LogP contribution >= 0.6 is 11.3 Å². The van der Waals surface area contributed by atoms with Gasteiger partial charge >= 0.3 is 0 Å². The molecule has 5 rings (SSSR count). The summed E-state index contributed by atoms with van der Waals surface area (Å²) in [5.41, 5.74) is 7.74. The molecule has 0 atom stereocenters. The second-order valence-electron chi connectivity index (χ2n) is 8.59. The summed E-state index contributed by atoms with van der Waals surface area (Å²) in [5, 5.41) is 10.5. The number of nitrogens with zero attached hydrogens (tertiary/aromatic N) is 4. The van der Waals surface area contributed by atoms with Crippen LogP contribution in [0.15, 0.2) is 59.3 Å². The lowest BCUT2D eigenvalue weighted by atomic mass is 9.84. The lowest BCUT2D eigenvalue weighted by molar-refractivity contribution is 0.310. The van der Waals surface area contributed by atoms with E-state index in [-0.39, 0.29) is 0 Å². The molecule has 0 saturated heterocycles. The van der Waals surface area contributed by atoms with Crippen LogP contribution in [-0.2, 0) is 13.0 Å². The number of hydrogen-bond donors (Lipinski definition) is 3. The van der Waals surface area contributed by atoms with Gasteiger partial charge in [-0.3, -0.25) is 0 Å². The fourth-order valence-electron chi connectivity index (χ4n) is 4.71. The van der Waals surface area contributed by atoms with E-state index in [0.717, 1.165) is 40.9 Å². The van der Waals surface area contributed by atoms with E-state index in [4.69, 9.17) is 26.5 Å². The predicted octanol–water partition coefficient (Wildman–Crippen LogP) is 4.36. The molecule has 0 bridgehead atoms. The molecule has 9 heteroatoms. The van der Waals surface area contributed by atoms with E-state index in [9.17, 15) is 0 Å². The minimum absolute atomic E-state index is 0.437. The van der Waals surface area contributed by atoms with Crippen LogP contribution in [0.3, 0.4) is 0 Å². The first-order chi connectivity index (χ1) is 16.8. The van der Waals surface area contributed by atoms with E-state index in [1.165, 1.54) is 29.8 Å². The van der Waals surface area contributed by atoms with Crippen molar-refractivity contribution in [3.8, 4) is 16.9 Å². The number of ether oxygens (including phenoxy) is 1. The number of amidine groups is 1. The van der Waals surface area contributed by atoms with E-state index in [1.807, 2.05) is 35.1 Å². The summed E-state index contributed by atoms with van der Waals surface area (Å²) in [6.07, 6.45) is 10.3. The van der Waals surface area contributed by atoms with Gasteiger partial charge in [-0.15, -0.1) is 11.3 Å². The topological polar surface area (TPSA) is 116 Å². The molecule has 0 amide bonds. The molecule has 1 saturated carbocycles. The summed E-state index contributed by atoms with van der Waals surface area (Å²) in [6, 6.07) is 12.4. The summed E-state index contributed by atoms with van der Waals surface area (Å²) in [4.78, 5) is 6.00. The fraction of sp³-hybridized carbons (Fsp3) is 0.320. The van der Waals surface area contributed by atoms with Crippen molar-refractivity contribution in [2.45, 2.75) is 51.0 Å². The van der Waals surface area contributed by atoms with Gasteiger partial charge in [0.1, 0.15) is 18.2 Å². The Hall–Kier alpha value is -3.43. The Balaban J connectivity index is 1.49.